The zero-order chi connectivity index (χ0) is 15.2. The minimum absolute atomic E-state index is 0.00190. The SMILES string of the molecule is CCO[C@@H](C)c1ccc(-c2ccc(CC(=O)O)cn2)cc1. The minimum Gasteiger partial charge on any atom is -0.481 e. The Morgan fingerprint density at radius 1 is 1.24 bits per heavy atom. The second kappa shape index (κ2) is 6.99. The summed E-state index contributed by atoms with van der Waals surface area (Å²) in [6, 6.07) is 11.7. The lowest BCUT2D eigenvalue weighted by Gasteiger charge is -2.12. The first-order valence-corrected chi connectivity index (χ1v) is 6.98. The van der Waals surface area contributed by atoms with Gasteiger partial charge in [-0.2, -0.15) is 0 Å². The lowest BCUT2D eigenvalue weighted by Crippen LogP contribution is -2.00. The molecule has 0 radical (unpaired) electrons. The number of carboxylic acid groups (broad SMARTS) is 1. The van der Waals surface area contributed by atoms with E-state index in [-0.39, 0.29) is 12.5 Å². The third-order valence-corrected chi connectivity index (χ3v) is 3.27. The number of benzene rings is 1. The molecule has 0 saturated heterocycles. The number of hydrogen-bond donors (Lipinski definition) is 1. The summed E-state index contributed by atoms with van der Waals surface area (Å²) in [6.45, 7) is 4.69. The zero-order valence-corrected chi connectivity index (χ0v) is 12.2. The molecule has 0 amide bonds. The first kappa shape index (κ1) is 15.2. The van der Waals surface area contributed by atoms with Crippen LogP contribution in [0.2, 0.25) is 0 Å². The quantitative estimate of drug-likeness (QED) is 0.882. The van der Waals surface area contributed by atoms with Crippen molar-refractivity contribution in [3.05, 3.63) is 53.7 Å². The molecule has 1 heterocycles. The van der Waals surface area contributed by atoms with Crippen LogP contribution in [0.25, 0.3) is 11.3 Å². The average molecular weight is 285 g/mol. The van der Waals surface area contributed by atoms with Gasteiger partial charge in [-0.25, -0.2) is 0 Å². The van der Waals surface area contributed by atoms with Crippen molar-refractivity contribution in [2.75, 3.05) is 6.61 Å². The molecule has 0 unspecified atom stereocenters. The molecule has 0 fully saturated rings. The fourth-order valence-corrected chi connectivity index (χ4v) is 2.15. The number of nitrogens with zero attached hydrogens (tertiary/aromatic N) is 1. The van der Waals surface area contributed by atoms with E-state index in [4.69, 9.17) is 9.84 Å². The van der Waals surface area contributed by atoms with E-state index < -0.39 is 5.97 Å². The molecule has 21 heavy (non-hydrogen) atoms. The van der Waals surface area contributed by atoms with E-state index in [0.29, 0.717) is 12.2 Å². The number of ether oxygens (including phenoxy) is 1. The molecule has 1 atom stereocenters. The predicted octanol–water partition coefficient (Wildman–Crippen LogP) is 3.47. The largest absolute Gasteiger partial charge is 0.481 e. The molecule has 0 aliphatic carbocycles. The fraction of sp³-hybridized carbons (Fsp3) is 0.294. The summed E-state index contributed by atoms with van der Waals surface area (Å²) in [5, 5.41) is 8.74. The summed E-state index contributed by atoms with van der Waals surface area (Å²) in [5.74, 6) is -0.848. The Hall–Kier alpha value is -2.20. The summed E-state index contributed by atoms with van der Waals surface area (Å²) in [7, 11) is 0. The number of hydrogen-bond acceptors (Lipinski definition) is 3. The number of carboxylic acids is 1. The number of pyridine rings is 1. The normalized spacial score (nSPS) is 12.1. The summed E-state index contributed by atoms with van der Waals surface area (Å²) in [4.78, 5) is 15.0. The van der Waals surface area contributed by atoms with Crippen molar-refractivity contribution in [1.29, 1.82) is 0 Å². The van der Waals surface area contributed by atoms with Crippen LogP contribution in [-0.4, -0.2) is 22.7 Å². The highest BCUT2D eigenvalue weighted by Crippen LogP contribution is 2.22. The molecule has 1 aromatic heterocycles. The Labute approximate surface area is 124 Å². The maximum Gasteiger partial charge on any atom is 0.307 e. The van der Waals surface area contributed by atoms with Crippen molar-refractivity contribution in [3.63, 3.8) is 0 Å². The third-order valence-electron chi connectivity index (χ3n) is 3.27. The molecule has 0 bridgehead atoms. The van der Waals surface area contributed by atoms with E-state index in [9.17, 15) is 4.79 Å². The van der Waals surface area contributed by atoms with E-state index in [1.165, 1.54) is 0 Å². The molecule has 4 heteroatoms. The van der Waals surface area contributed by atoms with Gasteiger partial charge < -0.3 is 9.84 Å². The lowest BCUT2D eigenvalue weighted by molar-refractivity contribution is -0.136. The maximum atomic E-state index is 10.6. The van der Waals surface area contributed by atoms with Gasteiger partial charge in [0.1, 0.15) is 0 Å². The lowest BCUT2D eigenvalue weighted by atomic mass is 10.0. The summed E-state index contributed by atoms with van der Waals surface area (Å²) >= 11 is 0. The topological polar surface area (TPSA) is 59.4 Å². The van der Waals surface area contributed by atoms with Gasteiger partial charge in [0.2, 0.25) is 0 Å². The third kappa shape index (κ3) is 4.13. The number of aromatic nitrogens is 1. The molecule has 0 spiro atoms. The Kier molecular flexibility index (Phi) is 5.06. The Balaban J connectivity index is 2.13. The van der Waals surface area contributed by atoms with E-state index in [2.05, 4.69) is 4.98 Å². The van der Waals surface area contributed by atoms with Crippen LogP contribution in [0.15, 0.2) is 42.6 Å². The van der Waals surface area contributed by atoms with E-state index in [0.717, 1.165) is 16.8 Å². The molecule has 4 nitrogen and oxygen atoms in total. The standard InChI is InChI=1S/C17H19NO3/c1-3-21-12(2)14-5-7-15(8-6-14)16-9-4-13(11-18-16)10-17(19)20/h4-9,11-12H,3,10H2,1-2H3,(H,19,20)/t12-/m0/s1. The highest BCUT2D eigenvalue weighted by molar-refractivity contribution is 5.70. The zero-order valence-electron chi connectivity index (χ0n) is 12.2. The molecule has 0 aliphatic heterocycles. The molecule has 0 saturated carbocycles. The van der Waals surface area contributed by atoms with Crippen LogP contribution in [0.5, 0.6) is 0 Å². The van der Waals surface area contributed by atoms with Gasteiger partial charge in [0.05, 0.1) is 18.2 Å². The van der Waals surface area contributed by atoms with Gasteiger partial charge in [-0.15, -0.1) is 0 Å². The van der Waals surface area contributed by atoms with Crippen LogP contribution in [-0.2, 0) is 16.0 Å². The second-order valence-corrected chi connectivity index (χ2v) is 4.84. The molecular formula is C17H19NO3. The second-order valence-electron chi connectivity index (χ2n) is 4.84. The van der Waals surface area contributed by atoms with E-state index in [1.54, 1.807) is 12.3 Å². The summed E-state index contributed by atoms with van der Waals surface area (Å²) in [6.07, 6.45) is 1.69. The van der Waals surface area contributed by atoms with Gasteiger partial charge in [0.15, 0.2) is 0 Å². The molecule has 110 valence electrons. The molecule has 1 aromatic carbocycles. The first-order valence-electron chi connectivity index (χ1n) is 6.98. The van der Waals surface area contributed by atoms with Gasteiger partial charge in [0.25, 0.3) is 0 Å². The Bertz CT molecular complexity index is 590. The average Bonchev–Trinajstić information content (AvgIpc) is 2.48. The number of carbonyl (C=O) groups is 1. The van der Waals surface area contributed by atoms with Gasteiger partial charge in [-0.3, -0.25) is 9.78 Å². The monoisotopic (exact) mass is 285 g/mol. The molecule has 2 aromatic rings. The van der Waals surface area contributed by atoms with E-state index in [1.807, 2.05) is 44.2 Å². The molecule has 0 aliphatic rings. The van der Waals surface area contributed by atoms with Gasteiger partial charge >= 0.3 is 5.97 Å². The van der Waals surface area contributed by atoms with Crippen molar-refractivity contribution in [2.45, 2.75) is 26.4 Å². The maximum absolute atomic E-state index is 10.6. The number of aliphatic carboxylic acids is 1. The molecule has 1 N–H and O–H groups in total. The van der Waals surface area contributed by atoms with Crippen molar-refractivity contribution in [3.8, 4) is 11.3 Å². The van der Waals surface area contributed by atoms with Crippen LogP contribution in [0.3, 0.4) is 0 Å². The van der Waals surface area contributed by atoms with Gasteiger partial charge in [-0.1, -0.05) is 30.3 Å². The first-order chi connectivity index (χ1) is 10.1. The molecular weight excluding hydrogens is 266 g/mol. The van der Waals surface area contributed by atoms with E-state index >= 15 is 0 Å². The van der Waals surface area contributed by atoms with Crippen molar-refractivity contribution in [2.24, 2.45) is 0 Å². The van der Waals surface area contributed by atoms with Crippen LogP contribution < -0.4 is 0 Å². The van der Waals surface area contributed by atoms with Gasteiger partial charge in [0, 0.05) is 18.4 Å². The van der Waals surface area contributed by atoms with Crippen molar-refractivity contribution >= 4 is 5.97 Å². The Morgan fingerprint density at radius 3 is 2.48 bits per heavy atom. The van der Waals surface area contributed by atoms with Crippen LogP contribution in [0.4, 0.5) is 0 Å². The predicted molar refractivity (Wildman–Crippen MR) is 81.1 cm³/mol. The van der Waals surface area contributed by atoms with Crippen molar-refractivity contribution < 1.29 is 14.6 Å². The fourth-order valence-electron chi connectivity index (χ4n) is 2.15. The summed E-state index contributed by atoms with van der Waals surface area (Å²) in [5.41, 5.74) is 3.67. The van der Waals surface area contributed by atoms with Crippen LogP contribution >= 0.6 is 0 Å². The van der Waals surface area contributed by atoms with Crippen LogP contribution in [0.1, 0.15) is 31.1 Å². The highest BCUT2D eigenvalue weighted by Gasteiger charge is 2.06. The molecule has 2 rings (SSSR count). The van der Waals surface area contributed by atoms with Gasteiger partial charge in [-0.05, 0) is 31.0 Å². The van der Waals surface area contributed by atoms with Crippen LogP contribution in [0, 0.1) is 0 Å². The smallest absolute Gasteiger partial charge is 0.307 e. The highest BCUT2D eigenvalue weighted by atomic mass is 16.5. The minimum atomic E-state index is -0.848. The number of rotatable bonds is 6. The van der Waals surface area contributed by atoms with Crippen molar-refractivity contribution in [1.82, 2.24) is 4.98 Å². The Morgan fingerprint density at radius 2 is 1.95 bits per heavy atom. The summed E-state index contributed by atoms with van der Waals surface area (Å²) < 4.78 is 5.55.